The van der Waals surface area contributed by atoms with Crippen LogP contribution in [0.2, 0.25) is 0 Å². The van der Waals surface area contributed by atoms with E-state index in [9.17, 15) is 54.0 Å². The molecule has 310 valence electrons. The van der Waals surface area contributed by atoms with Crippen molar-refractivity contribution in [3.05, 3.63) is 29.8 Å². The van der Waals surface area contributed by atoms with E-state index in [1.54, 1.807) is 50.8 Å². The van der Waals surface area contributed by atoms with Crippen LogP contribution in [0.15, 0.2) is 24.3 Å². The number of carboxylic acids is 4. The predicted molar refractivity (Wildman–Crippen MR) is 206 cm³/mol. The molecule has 0 aromatic heterocycles. The number of fused-ring (bicyclic) bond motifs is 1. The molecule has 5 atom stereocenters. The maximum absolute atomic E-state index is 13.0. The van der Waals surface area contributed by atoms with Crippen molar-refractivity contribution in [2.75, 3.05) is 83.1 Å². The summed E-state index contributed by atoms with van der Waals surface area (Å²) in [4.78, 5) is 90.8. The molecule has 0 bridgehead atoms. The number of urea groups is 1. The third-order valence-corrected chi connectivity index (χ3v) is 11.6. The van der Waals surface area contributed by atoms with Crippen molar-refractivity contribution in [2.45, 2.75) is 68.4 Å². The zero-order chi connectivity index (χ0) is 40.8. The van der Waals surface area contributed by atoms with Crippen LogP contribution in [0.3, 0.4) is 0 Å². The highest BCUT2D eigenvalue weighted by Gasteiger charge is 2.42. The first-order valence-corrected chi connectivity index (χ1v) is 19.9. The minimum Gasteiger partial charge on any atom is -0.480 e. The highest BCUT2D eigenvalue weighted by Crippen LogP contribution is 2.33. The molecule has 20 heteroatoms. The van der Waals surface area contributed by atoms with E-state index in [-0.39, 0.29) is 109 Å². The van der Waals surface area contributed by atoms with Crippen LogP contribution in [0.25, 0.3) is 0 Å². The number of anilines is 1. The van der Waals surface area contributed by atoms with Crippen LogP contribution in [0.4, 0.5) is 10.5 Å². The first kappa shape index (κ1) is 44.2. The van der Waals surface area contributed by atoms with Gasteiger partial charge in [-0.3, -0.25) is 48.4 Å². The average molecular weight is 807 g/mol. The van der Waals surface area contributed by atoms with Crippen molar-refractivity contribution in [3.8, 4) is 0 Å². The number of amides is 4. The van der Waals surface area contributed by atoms with Gasteiger partial charge in [0.05, 0.1) is 38.3 Å². The minimum absolute atomic E-state index is 0.114. The Balaban J connectivity index is 1.35. The summed E-state index contributed by atoms with van der Waals surface area (Å²) in [5.41, 5.74) is 1.23. The van der Waals surface area contributed by atoms with E-state index in [0.29, 0.717) is 17.4 Å². The lowest BCUT2D eigenvalue weighted by molar-refractivity contribution is -0.142. The average Bonchev–Trinajstić information content (AvgIpc) is 3.67. The quantitative estimate of drug-likeness (QED) is 0.0676. The minimum atomic E-state index is -1.11. The fraction of sp³-hybridized carbons (Fsp3) is 0.639. The van der Waals surface area contributed by atoms with Crippen molar-refractivity contribution < 1.29 is 54.0 Å². The Morgan fingerprint density at radius 3 is 1.96 bits per heavy atom. The number of rotatable bonds is 18. The van der Waals surface area contributed by atoms with Gasteiger partial charge in [0, 0.05) is 75.0 Å². The molecule has 0 radical (unpaired) electrons. The summed E-state index contributed by atoms with van der Waals surface area (Å²) >= 11 is 1.82. The molecule has 4 rings (SSSR count). The monoisotopic (exact) mass is 806 g/mol. The Morgan fingerprint density at radius 1 is 0.786 bits per heavy atom. The van der Waals surface area contributed by atoms with Crippen LogP contribution in [0.5, 0.6) is 0 Å². The van der Waals surface area contributed by atoms with Crippen molar-refractivity contribution in [2.24, 2.45) is 0 Å². The fourth-order valence-electron chi connectivity index (χ4n) is 7.26. The molecule has 19 nitrogen and oxygen atoms in total. The van der Waals surface area contributed by atoms with E-state index in [0.717, 1.165) is 24.2 Å². The number of thioether (sulfide) groups is 1. The molecule has 1 aromatic carbocycles. The van der Waals surface area contributed by atoms with E-state index in [1.807, 2.05) is 11.8 Å². The summed E-state index contributed by atoms with van der Waals surface area (Å²) in [6, 6.07) is 5.68. The first-order chi connectivity index (χ1) is 26.6. The van der Waals surface area contributed by atoms with Gasteiger partial charge in [0.15, 0.2) is 0 Å². The third kappa shape index (κ3) is 14.9. The van der Waals surface area contributed by atoms with Crippen LogP contribution in [-0.2, 0) is 35.2 Å². The molecule has 56 heavy (non-hydrogen) atoms. The summed E-state index contributed by atoms with van der Waals surface area (Å²) in [5, 5.41) is 50.2. The van der Waals surface area contributed by atoms with Gasteiger partial charge in [0.2, 0.25) is 11.8 Å². The first-order valence-electron chi connectivity index (χ1n) is 18.8. The van der Waals surface area contributed by atoms with Crippen LogP contribution < -0.4 is 21.3 Å². The van der Waals surface area contributed by atoms with Crippen LogP contribution >= 0.6 is 11.8 Å². The molecule has 4 amide bonds. The van der Waals surface area contributed by atoms with Crippen LogP contribution in [-0.4, -0.2) is 189 Å². The topological polar surface area (TPSA) is 261 Å². The Morgan fingerprint density at radius 2 is 1.36 bits per heavy atom. The number of hydrogen-bond acceptors (Lipinski definition) is 12. The SMILES string of the molecule is CC(NC(=O)CCCCC1SCC2NC(=O)NC21)C(=O)Nc1ccc(CC2CN(CC(=O)O)CCN(CC(=O)O)CCN(CC(=O)O)CCN2CC(=O)O)cc1. The summed E-state index contributed by atoms with van der Waals surface area (Å²) < 4.78 is 0. The summed E-state index contributed by atoms with van der Waals surface area (Å²) in [5.74, 6) is -4.14. The lowest BCUT2D eigenvalue weighted by atomic mass is 10.0. The number of unbranched alkanes of at least 4 members (excludes halogenated alkanes) is 1. The second-order valence-electron chi connectivity index (χ2n) is 14.5. The van der Waals surface area contributed by atoms with Crippen molar-refractivity contribution >= 4 is 59.2 Å². The Kier molecular flexibility index (Phi) is 17.1. The number of aliphatic carboxylic acids is 4. The van der Waals surface area contributed by atoms with Gasteiger partial charge in [0.25, 0.3) is 0 Å². The molecule has 0 spiro atoms. The molecular weight excluding hydrogens is 753 g/mol. The summed E-state index contributed by atoms with van der Waals surface area (Å²) in [6.07, 6.45) is 2.90. The van der Waals surface area contributed by atoms with E-state index in [2.05, 4.69) is 21.3 Å². The fourth-order valence-corrected chi connectivity index (χ4v) is 8.80. The van der Waals surface area contributed by atoms with Gasteiger partial charge in [-0.05, 0) is 43.9 Å². The van der Waals surface area contributed by atoms with Crippen LogP contribution in [0.1, 0.15) is 38.2 Å². The molecule has 3 fully saturated rings. The number of hydrogen-bond donors (Lipinski definition) is 8. The number of nitrogens with one attached hydrogen (secondary N) is 4. The van der Waals surface area contributed by atoms with Crippen LogP contribution in [0, 0.1) is 0 Å². The number of carbonyl (C=O) groups excluding carboxylic acids is 3. The molecular formula is C36H54N8O11S. The molecule has 0 saturated carbocycles. The predicted octanol–water partition coefficient (Wildman–Crippen LogP) is -0.673. The van der Waals surface area contributed by atoms with E-state index in [4.69, 9.17) is 0 Å². The summed E-state index contributed by atoms with van der Waals surface area (Å²) in [7, 11) is 0. The molecule has 3 heterocycles. The lowest BCUT2D eigenvalue weighted by Crippen LogP contribution is -2.53. The second-order valence-corrected chi connectivity index (χ2v) is 15.8. The second kappa shape index (κ2) is 21.7. The zero-order valence-electron chi connectivity index (χ0n) is 31.6. The molecule has 8 N–H and O–H groups in total. The number of carboxylic acid groups (broad SMARTS) is 4. The molecule has 3 saturated heterocycles. The Hall–Kier alpha value is -4.50. The Labute approximate surface area is 329 Å². The molecule has 3 aliphatic heterocycles. The normalized spacial score (nSPS) is 23.4. The van der Waals surface area contributed by atoms with Crippen molar-refractivity contribution in [3.63, 3.8) is 0 Å². The largest absolute Gasteiger partial charge is 0.480 e. The maximum Gasteiger partial charge on any atom is 0.317 e. The van der Waals surface area contributed by atoms with Gasteiger partial charge in [0.1, 0.15) is 6.04 Å². The lowest BCUT2D eigenvalue weighted by Gasteiger charge is -2.37. The van der Waals surface area contributed by atoms with E-state index < -0.39 is 41.9 Å². The highest BCUT2D eigenvalue weighted by molar-refractivity contribution is 8.00. The number of nitrogens with zero attached hydrogens (tertiary/aromatic N) is 4. The van der Waals surface area contributed by atoms with E-state index in [1.165, 1.54) is 0 Å². The third-order valence-electron chi connectivity index (χ3n) is 10.1. The van der Waals surface area contributed by atoms with Crippen molar-refractivity contribution in [1.82, 2.24) is 35.6 Å². The smallest absolute Gasteiger partial charge is 0.317 e. The van der Waals surface area contributed by atoms with Gasteiger partial charge in [-0.25, -0.2) is 4.79 Å². The zero-order valence-corrected chi connectivity index (χ0v) is 32.4. The number of benzene rings is 1. The maximum atomic E-state index is 13.0. The van der Waals surface area contributed by atoms with E-state index >= 15 is 0 Å². The standard InChI is InChI=1S/C36H54N8O11S/c1-23(37-29(45)5-3-2-4-28-34-27(22-56-28)39-36(55)40-34)35(54)38-25-8-6-24(7-9-25)16-26-17-43(20-32(50)51)13-12-41(18-30(46)47)10-11-42(19-31(48)49)14-15-44(26)21-33(52)53/h6-9,23,26-28,34H,2-5,10-22H2,1H3,(H,37,45)(H,38,54)(H,46,47)(H,48,49)(H,50,51)(H,52,53)(H2,39,40,55). The van der Waals surface area contributed by atoms with Gasteiger partial charge in [-0.15, -0.1) is 0 Å². The molecule has 5 unspecified atom stereocenters. The Bertz CT molecular complexity index is 1550. The number of carbonyl (C=O) groups is 7. The van der Waals surface area contributed by atoms with Crippen molar-refractivity contribution in [1.29, 1.82) is 0 Å². The molecule has 3 aliphatic rings. The van der Waals surface area contributed by atoms with Gasteiger partial charge in [-0.1, -0.05) is 18.6 Å². The molecule has 1 aromatic rings. The van der Waals surface area contributed by atoms with Gasteiger partial charge in [-0.2, -0.15) is 11.8 Å². The highest BCUT2D eigenvalue weighted by atomic mass is 32.2. The molecule has 0 aliphatic carbocycles. The summed E-state index contributed by atoms with van der Waals surface area (Å²) in [6.45, 7) is 1.47. The van der Waals surface area contributed by atoms with Gasteiger partial charge >= 0.3 is 29.9 Å². The van der Waals surface area contributed by atoms with Gasteiger partial charge < -0.3 is 41.7 Å².